The molecule has 1 N–H and O–H groups in total. The first kappa shape index (κ1) is 15.9. The maximum atomic E-state index is 12.2. The molecule has 3 rings (SSSR count). The lowest BCUT2D eigenvalue weighted by molar-refractivity contribution is 0.0523. The average Bonchev–Trinajstić information content (AvgIpc) is 2.62. The lowest BCUT2D eigenvalue weighted by atomic mass is 9.94. The van der Waals surface area contributed by atoms with Crippen LogP contribution in [-0.4, -0.2) is 24.8 Å². The molecule has 0 aliphatic rings. The second-order valence-electron chi connectivity index (χ2n) is 5.32. The Labute approximate surface area is 140 Å². The van der Waals surface area contributed by atoms with Crippen LogP contribution in [0, 0.1) is 0 Å². The van der Waals surface area contributed by atoms with Crippen molar-refractivity contribution in [2.45, 2.75) is 6.92 Å². The van der Waals surface area contributed by atoms with E-state index in [1.54, 1.807) is 32.2 Å². The molecular weight excluding hydrogens is 304 g/mol. The van der Waals surface area contributed by atoms with E-state index in [0.717, 1.165) is 16.5 Å². The highest BCUT2D eigenvalue weighted by atomic mass is 16.5. The Morgan fingerprint density at radius 2 is 1.79 bits per heavy atom. The van der Waals surface area contributed by atoms with E-state index in [0.29, 0.717) is 11.1 Å². The fraction of sp³-hybridized carbons (Fsp3) is 0.150. The van der Waals surface area contributed by atoms with Crippen LogP contribution in [0.1, 0.15) is 17.3 Å². The second kappa shape index (κ2) is 6.62. The maximum absolute atomic E-state index is 12.2. The number of hydrogen-bond acceptors (Lipinski definition) is 4. The van der Waals surface area contributed by atoms with E-state index >= 15 is 0 Å². The zero-order chi connectivity index (χ0) is 17.1. The van der Waals surface area contributed by atoms with Gasteiger partial charge in [-0.05, 0) is 47.7 Å². The molecule has 4 heteroatoms. The number of ether oxygens (including phenoxy) is 2. The Bertz CT molecular complexity index is 885. The molecule has 0 radical (unpaired) electrons. The number of phenolic OH excluding ortho intramolecular Hbond substituents is 1. The highest BCUT2D eigenvalue weighted by Crippen LogP contribution is 2.39. The highest BCUT2D eigenvalue weighted by molar-refractivity contribution is 6.08. The Balaban J connectivity index is 2.33. The van der Waals surface area contributed by atoms with Crippen molar-refractivity contribution in [2.75, 3.05) is 13.7 Å². The molecule has 0 spiro atoms. The fourth-order valence-corrected chi connectivity index (χ4v) is 2.74. The molecule has 0 fully saturated rings. The Morgan fingerprint density at radius 1 is 1.04 bits per heavy atom. The normalized spacial score (nSPS) is 10.6. The van der Waals surface area contributed by atoms with Crippen molar-refractivity contribution < 1.29 is 19.4 Å². The van der Waals surface area contributed by atoms with E-state index in [1.165, 1.54) is 0 Å². The molecular formula is C20H18O4. The zero-order valence-corrected chi connectivity index (χ0v) is 13.6. The molecule has 24 heavy (non-hydrogen) atoms. The molecule has 0 aromatic heterocycles. The van der Waals surface area contributed by atoms with Gasteiger partial charge >= 0.3 is 5.97 Å². The summed E-state index contributed by atoms with van der Waals surface area (Å²) in [6.45, 7) is 1.98. The minimum atomic E-state index is -0.537. The van der Waals surface area contributed by atoms with E-state index in [9.17, 15) is 9.90 Å². The van der Waals surface area contributed by atoms with Gasteiger partial charge in [-0.3, -0.25) is 0 Å². The minimum Gasteiger partial charge on any atom is -0.506 e. The number of fused-ring (bicyclic) bond motifs is 1. The number of esters is 1. The molecule has 0 saturated heterocycles. The number of carbonyl (C=O) groups excluding carboxylic acids is 1. The number of hydrogen-bond donors (Lipinski definition) is 1. The summed E-state index contributed by atoms with van der Waals surface area (Å²) >= 11 is 0. The summed E-state index contributed by atoms with van der Waals surface area (Å²) in [7, 11) is 1.59. The lowest BCUT2D eigenvalue weighted by Crippen LogP contribution is -2.05. The molecule has 3 aromatic carbocycles. The van der Waals surface area contributed by atoms with Crippen LogP contribution < -0.4 is 4.74 Å². The van der Waals surface area contributed by atoms with Crippen molar-refractivity contribution in [3.05, 3.63) is 60.2 Å². The van der Waals surface area contributed by atoms with Gasteiger partial charge in [-0.15, -0.1) is 0 Å². The van der Waals surface area contributed by atoms with Gasteiger partial charge in [0.05, 0.1) is 13.7 Å². The summed E-state index contributed by atoms with van der Waals surface area (Å²) in [4.78, 5) is 12.2. The summed E-state index contributed by atoms with van der Waals surface area (Å²) in [5.74, 6) is 0.0682. The van der Waals surface area contributed by atoms with Gasteiger partial charge in [0, 0.05) is 5.39 Å². The monoisotopic (exact) mass is 322 g/mol. The molecule has 0 heterocycles. The van der Waals surface area contributed by atoms with Crippen LogP contribution in [0.5, 0.6) is 11.5 Å². The van der Waals surface area contributed by atoms with Gasteiger partial charge in [-0.2, -0.15) is 0 Å². The molecule has 122 valence electrons. The van der Waals surface area contributed by atoms with E-state index in [2.05, 4.69) is 0 Å². The molecule has 0 amide bonds. The second-order valence-corrected chi connectivity index (χ2v) is 5.32. The third kappa shape index (κ3) is 2.78. The van der Waals surface area contributed by atoms with Crippen LogP contribution in [0.2, 0.25) is 0 Å². The predicted octanol–water partition coefficient (Wildman–Crippen LogP) is 4.40. The third-order valence-corrected chi connectivity index (χ3v) is 3.90. The van der Waals surface area contributed by atoms with Gasteiger partial charge in [0.1, 0.15) is 17.1 Å². The number of benzene rings is 3. The van der Waals surface area contributed by atoms with Crippen LogP contribution in [0.15, 0.2) is 54.6 Å². The van der Waals surface area contributed by atoms with Crippen LogP contribution in [0.4, 0.5) is 0 Å². The SMILES string of the molecule is CCOC(=O)c1cc(-c2ccccc2)c2cc(OC)ccc2c1O. The molecule has 0 aliphatic heterocycles. The maximum Gasteiger partial charge on any atom is 0.341 e. The quantitative estimate of drug-likeness (QED) is 0.723. The van der Waals surface area contributed by atoms with E-state index < -0.39 is 5.97 Å². The predicted molar refractivity (Wildman–Crippen MR) is 93.6 cm³/mol. The highest BCUT2D eigenvalue weighted by Gasteiger charge is 2.19. The first-order valence-corrected chi connectivity index (χ1v) is 7.72. The van der Waals surface area contributed by atoms with E-state index in [1.807, 2.05) is 36.4 Å². The first-order chi connectivity index (χ1) is 11.7. The van der Waals surface area contributed by atoms with Crippen molar-refractivity contribution in [1.29, 1.82) is 0 Å². The van der Waals surface area contributed by atoms with Crippen molar-refractivity contribution in [2.24, 2.45) is 0 Å². The largest absolute Gasteiger partial charge is 0.506 e. The van der Waals surface area contributed by atoms with Crippen LogP contribution in [-0.2, 0) is 4.74 Å². The Kier molecular flexibility index (Phi) is 4.38. The summed E-state index contributed by atoms with van der Waals surface area (Å²) in [5, 5.41) is 11.9. The molecule has 0 aliphatic carbocycles. The third-order valence-electron chi connectivity index (χ3n) is 3.90. The van der Waals surface area contributed by atoms with Gasteiger partial charge in [0.2, 0.25) is 0 Å². The summed E-state index contributed by atoms with van der Waals surface area (Å²) in [6.07, 6.45) is 0. The van der Waals surface area contributed by atoms with Gasteiger partial charge in [-0.1, -0.05) is 30.3 Å². The topological polar surface area (TPSA) is 55.8 Å². The van der Waals surface area contributed by atoms with E-state index in [4.69, 9.17) is 9.47 Å². The van der Waals surface area contributed by atoms with Crippen LogP contribution in [0.3, 0.4) is 0 Å². The minimum absolute atomic E-state index is 0.0780. The average molecular weight is 322 g/mol. The standard InChI is InChI=1S/C20H18O4/c1-3-24-20(22)18-12-16(13-7-5-4-6-8-13)17-11-14(23-2)9-10-15(17)19(18)21/h4-12,21H,3H2,1-2H3. The molecule has 0 unspecified atom stereocenters. The molecule has 3 aromatic rings. The Hall–Kier alpha value is -3.01. The number of carbonyl (C=O) groups is 1. The van der Waals surface area contributed by atoms with Gasteiger partial charge < -0.3 is 14.6 Å². The van der Waals surface area contributed by atoms with E-state index in [-0.39, 0.29) is 17.9 Å². The number of phenols is 1. The fourth-order valence-electron chi connectivity index (χ4n) is 2.74. The summed E-state index contributed by atoms with van der Waals surface area (Å²) in [5.41, 5.74) is 1.94. The Morgan fingerprint density at radius 3 is 2.46 bits per heavy atom. The number of aromatic hydroxyl groups is 1. The number of rotatable bonds is 4. The van der Waals surface area contributed by atoms with Crippen molar-refractivity contribution in [3.63, 3.8) is 0 Å². The van der Waals surface area contributed by atoms with Crippen molar-refractivity contribution in [1.82, 2.24) is 0 Å². The van der Waals surface area contributed by atoms with Gasteiger partial charge in [-0.25, -0.2) is 4.79 Å². The molecule has 0 atom stereocenters. The summed E-state index contributed by atoms with van der Waals surface area (Å²) in [6, 6.07) is 16.7. The van der Waals surface area contributed by atoms with Gasteiger partial charge in [0.15, 0.2) is 0 Å². The molecule has 0 bridgehead atoms. The lowest BCUT2D eigenvalue weighted by Gasteiger charge is -2.14. The molecule has 0 saturated carbocycles. The molecule has 4 nitrogen and oxygen atoms in total. The van der Waals surface area contributed by atoms with Gasteiger partial charge in [0.25, 0.3) is 0 Å². The zero-order valence-electron chi connectivity index (χ0n) is 13.6. The smallest absolute Gasteiger partial charge is 0.341 e. The summed E-state index contributed by atoms with van der Waals surface area (Å²) < 4.78 is 10.4. The van der Waals surface area contributed by atoms with Crippen molar-refractivity contribution >= 4 is 16.7 Å². The number of methoxy groups -OCH3 is 1. The van der Waals surface area contributed by atoms with Crippen molar-refractivity contribution in [3.8, 4) is 22.6 Å². The first-order valence-electron chi connectivity index (χ1n) is 7.72. The van der Waals surface area contributed by atoms with Crippen LogP contribution in [0.25, 0.3) is 21.9 Å². The van der Waals surface area contributed by atoms with Crippen LogP contribution >= 0.6 is 0 Å².